The second-order valence-corrected chi connectivity index (χ2v) is 9.79. The lowest BCUT2D eigenvalue weighted by Crippen LogP contribution is -2.41. The molecule has 0 saturated heterocycles. The molecular formula is C31H37N3O7. The first-order valence-corrected chi connectivity index (χ1v) is 13.1. The van der Waals surface area contributed by atoms with E-state index in [0.717, 1.165) is 16.7 Å². The van der Waals surface area contributed by atoms with Crippen LogP contribution < -0.4 is 34.2 Å². The van der Waals surface area contributed by atoms with E-state index in [1.54, 1.807) is 48.7 Å². The molecule has 0 fully saturated rings. The minimum absolute atomic E-state index is 0.0382. The summed E-state index contributed by atoms with van der Waals surface area (Å²) >= 11 is 0. The van der Waals surface area contributed by atoms with Crippen molar-refractivity contribution in [2.45, 2.75) is 25.8 Å². The zero-order valence-electron chi connectivity index (χ0n) is 24.8. The maximum atomic E-state index is 10.3. The fraction of sp³-hybridized carbons (Fsp3) is 0.387. The maximum Gasteiger partial charge on any atom is 0.205 e. The Balaban J connectivity index is 2.00. The van der Waals surface area contributed by atoms with Gasteiger partial charge in [-0.25, -0.2) is 0 Å². The smallest absolute Gasteiger partial charge is 0.205 e. The highest BCUT2D eigenvalue weighted by molar-refractivity contribution is 5.72. The number of ether oxygens (including phenoxy) is 7. The molecule has 2 aromatic rings. The SMILES string of the molecule is COc1ccc(/C=C2\CN(C(C)C)CC3=C2OC(N)=C(C#N)C3c2ccc(OC)c(OC)c2OC)c(OC)c1OC. The van der Waals surface area contributed by atoms with Crippen molar-refractivity contribution in [3.63, 3.8) is 0 Å². The van der Waals surface area contributed by atoms with Gasteiger partial charge in [0.15, 0.2) is 23.0 Å². The van der Waals surface area contributed by atoms with Crippen LogP contribution in [0, 0.1) is 11.3 Å². The number of nitriles is 1. The van der Waals surface area contributed by atoms with Gasteiger partial charge in [-0.05, 0) is 43.7 Å². The zero-order valence-corrected chi connectivity index (χ0v) is 24.8. The average molecular weight is 564 g/mol. The van der Waals surface area contributed by atoms with Crippen molar-refractivity contribution >= 4 is 6.08 Å². The monoisotopic (exact) mass is 563 g/mol. The van der Waals surface area contributed by atoms with Crippen LogP contribution in [0.4, 0.5) is 0 Å². The Bertz CT molecular complexity index is 1450. The summed E-state index contributed by atoms with van der Waals surface area (Å²) in [6.07, 6.45) is 2.00. The molecule has 41 heavy (non-hydrogen) atoms. The summed E-state index contributed by atoms with van der Waals surface area (Å²) in [5, 5.41) is 10.3. The molecule has 10 nitrogen and oxygen atoms in total. The van der Waals surface area contributed by atoms with E-state index in [0.29, 0.717) is 64.5 Å². The first-order chi connectivity index (χ1) is 19.8. The molecule has 2 aliphatic rings. The van der Waals surface area contributed by atoms with Gasteiger partial charge in [0.25, 0.3) is 0 Å². The highest BCUT2D eigenvalue weighted by Gasteiger charge is 2.40. The van der Waals surface area contributed by atoms with Crippen LogP contribution in [0.5, 0.6) is 34.5 Å². The first-order valence-electron chi connectivity index (χ1n) is 13.1. The van der Waals surface area contributed by atoms with Crippen LogP contribution in [-0.2, 0) is 4.74 Å². The van der Waals surface area contributed by atoms with Crippen molar-refractivity contribution in [1.29, 1.82) is 5.26 Å². The fourth-order valence-electron chi connectivity index (χ4n) is 5.39. The minimum Gasteiger partial charge on any atom is -0.493 e. The van der Waals surface area contributed by atoms with Crippen LogP contribution in [-0.4, -0.2) is 66.7 Å². The van der Waals surface area contributed by atoms with E-state index in [1.165, 1.54) is 0 Å². The molecule has 0 aromatic heterocycles. The van der Waals surface area contributed by atoms with Gasteiger partial charge in [0.2, 0.25) is 17.4 Å². The number of allylic oxidation sites excluding steroid dienone is 1. The number of hydrogen-bond donors (Lipinski definition) is 1. The molecule has 0 aliphatic carbocycles. The molecule has 1 atom stereocenters. The van der Waals surface area contributed by atoms with Crippen LogP contribution in [0.3, 0.4) is 0 Å². The number of benzene rings is 2. The molecular weight excluding hydrogens is 526 g/mol. The van der Waals surface area contributed by atoms with E-state index in [1.807, 2.05) is 24.3 Å². The summed E-state index contributed by atoms with van der Waals surface area (Å²) in [7, 11) is 9.40. The Morgan fingerprint density at radius 2 is 1.44 bits per heavy atom. The molecule has 0 amide bonds. The third kappa shape index (κ3) is 5.21. The number of methoxy groups -OCH3 is 6. The van der Waals surface area contributed by atoms with Crippen LogP contribution in [0.15, 0.2) is 52.6 Å². The second-order valence-electron chi connectivity index (χ2n) is 9.79. The summed E-state index contributed by atoms with van der Waals surface area (Å²) in [5.41, 5.74) is 9.97. The summed E-state index contributed by atoms with van der Waals surface area (Å²) in [6.45, 7) is 5.39. The molecule has 0 bridgehead atoms. The topological polar surface area (TPSA) is 118 Å². The zero-order chi connectivity index (χ0) is 29.8. The van der Waals surface area contributed by atoms with Gasteiger partial charge < -0.3 is 38.9 Å². The number of nitrogens with zero attached hydrogens (tertiary/aromatic N) is 2. The molecule has 0 saturated carbocycles. The van der Waals surface area contributed by atoms with Crippen molar-refractivity contribution < 1.29 is 33.2 Å². The van der Waals surface area contributed by atoms with Crippen molar-refractivity contribution in [1.82, 2.24) is 4.90 Å². The van der Waals surface area contributed by atoms with Gasteiger partial charge in [-0.2, -0.15) is 5.26 Å². The Kier molecular flexibility index (Phi) is 8.89. The molecule has 2 N–H and O–H groups in total. The van der Waals surface area contributed by atoms with E-state index >= 15 is 0 Å². The highest BCUT2D eigenvalue weighted by atomic mass is 16.5. The van der Waals surface area contributed by atoms with Gasteiger partial charge in [-0.15, -0.1) is 0 Å². The Labute approximate surface area is 241 Å². The highest BCUT2D eigenvalue weighted by Crippen LogP contribution is 2.51. The number of nitrogens with two attached hydrogens (primary N) is 1. The summed E-state index contributed by atoms with van der Waals surface area (Å²) in [4.78, 5) is 2.30. The minimum atomic E-state index is -0.546. The van der Waals surface area contributed by atoms with Crippen molar-refractivity contribution in [3.05, 3.63) is 63.8 Å². The Morgan fingerprint density at radius 3 is 1.98 bits per heavy atom. The van der Waals surface area contributed by atoms with Gasteiger partial charge in [0.1, 0.15) is 17.4 Å². The third-order valence-electron chi connectivity index (χ3n) is 7.41. The molecule has 10 heteroatoms. The molecule has 1 unspecified atom stereocenters. The third-order valence-corrected chi connectivity index (χ3v) is 7.41. The largest absolute Gasteiger partial charge is 0.493 e. The Hall–Kier alpha value is -4.49. The van der Waals surface area contributed by atoms with Crippen molar-refractivity contribution in [2.75, 3.05) is 55.7 Å². The van der Waals surface area contributed by atoms with Crippen LogP contribution in [0.25, 0.3) is 6.08 Å². The van der Waals surface area contributed by atoms with E-state index in [9.17, 15) is 5.26 Å². The quantitative estimate of drug-likeness (QED) is 0.464. The lowest BCUT2D eigenvalue weighted by atomic mass is 9.79. The number of hydrogen-bond acceptors (Lipinski definition) is 10. The van der Waals surface area contributed by atoms with Gasteiger partial charge in [0.05, 0.1) is 48.6 Å². The van der Waals surface area contributed by atoms with E-state index in [2.05, 4.69) is 24.8 Å². The van der Waals surface area contributed by atoms with Crippen molar-refractivity contribution in [3.8, 4) is 40.6 Å². The van der Waals surface area contributed by atoms with Crippen LogP contribution >= 0.6 is 0 Å². The van der Waals surface area contributed by atoms with Gasteiger partial charge in [-0.1, -0.05) is 6.07 Å². The van der Waals surface area contributed by atoms with Crippen LogP contribution in [0.2, 0.25) is 0 Å². The number of rotatable bonds is 9. The van der Waals surface area contributed by atoms with Crippen LogP contribution in [0.1, 0.15) is 30.9 Å². The normalized spacial score (nSPS) is 18.0. The predicted octanol–water partition coefficient (Wildman–Crippen LogP) is 4.61. The molecule has 4 rings (SSSR count). The first kappa shape index (κ1) is 29.5. The van der Waals surface area contributed by atoms with E-state index in [-0.39, 0.29) is 11.9 Å². The van der Waals surface area contributed by atoms with Crippen molar-refractivity contribution in [2.24, 2.45) is 5.73 Å². The average Bonchev–Trinajstić information content (AvgIpc) is 2.99. The summed E-state index contributed by atoms with van der Waals surface area (Å²) < 4.78 is 40.0. The molecule has 2 aromatic carbocycles. The predicted molar refractivity (Wildman–Crippen MR) is 155 cm³/mol. The fourth-order valence-corrected chi connectivity index (χ4v) is 5.39. The van der Waals surface area contributed by atoms with E-state index in [4.69, 9.17) is 38.9 Å². The Morgan fingerprint density at radius 1 is 0.854 bits per heavy atom. The summed E-state index contributed by atoms with van der Waals surface area (Å²) in [5.74, 6) is 3.07. The second kappa shape index (κ2) is 12.4. The molecule has 2 aliphatic heterocycles. The lowest BCUT2D eigenvalue weighted by Gasteiger charge is -2.40. The lowest BCUT2D eigenvalue weighted by molar-refractivity contribution is 0.207. The summed E-state index contributed by atoms with van der Waals surface area (Å²) in [6, 6.07) is 9.88. The molecule has 2 heterocycles. The van der Waals surface area contributed by atoms with Gasteiger partial charge in [-0.3, -0.25) is 4.90 Å². The molecule has 0 spiro atoms. The maximum absolute atomic E-state index is 10.3. The standard InChI is InChI=1S/C31H37N3O7/c1-17(2)34-15-19(13-18-9-11-23(35-3)29(39-7)27(18)37-5)26-22(16-34)25(21(14-32)31(33)41-26)20-10-12-24(36-4)30(40-8)28(20)38-6/h9-13,17,25H,15-16,33H2,1-8H3/b19-13+. The molecule has 0 radical (unpaired) electrons. The molecule has 218 valence electrons. The van der Waals surface area contributed by atoms with E-state index < -0.39 is 5.92 Å². The van der Waals surface area contributed by atoms with Gasteiger partial charge >= 0.3 is 0 Å². The van der Waals surface area contributed by atoms with Gasteiger partial charge in [0, 0.05) is 35.8 Å².